The Balaban J connectivity index is 1.30. The lowest BCUT2D eigenvalue weighted by atomic mass is 9.51. The van der Waals surface area contributed by atoms with E-state index in [0.717, 1.165) is 31.6 Å². The first kappa shape index (κ1) is 38.3. The van der Waals surface area contributed by atoms with Crippen molar-refractivity contribution in [1.29, 1.82) is 0 Å². The third kappa shape index (κ3) is 6.19. The van der Waals surface area contributed by atoms with Crippen molar-refractivity contribution in [2.45, 2.75) is 129 Å². The number of nitrogens with zero attached hydrogens (tertiary/aromatic N) is 1. The fourth-order valence-electron chi connectivity index (χ4n) is 9.83. The van der Waals surface area contributed by atoms with E-state index >= 15 is 0 Å². The molecule has 4 heterocycles. The first-order chi connectivity index (χ1) is 25.5. The van der Waals surface area contributed by atoms with Crippen molar-refractivity contribution in [3.63, 3.8) is 0 Å². The second kappa shape index (κ2) is 14.0. The van der Waals surface area contributed by atoms with Crippen LogP contribution in [0.25, 0.3) is 6.08 Å². The molecule has 1 aromatic rings. The maximum absolute atomic E-state index is 15.0. The van der Waals surface area contributed by atoms with Crippen molar-refractivity contribution in [3.05, 3.63) is 69.4 Å². The number of carbonyl (C=O) groups excluding carboxylic acids is 3. The molecule has 1 aromatic carbocycles. The van der Waals surface area contributed by atoms with E-state index in [2.05, 4.69) is 36.2 Å². The summed E-state index contributed by atoms with van der Waals surface area (Å²) in [5, 5.41) is 15.0. The Morgan fingerprint density at radius 3 is 2.41 bits per heavy atom. The van der Waals surface area contributed by atoms with Crippen LogP contribution >= 0.6 is 0 Å². The third-order valence-electron chi connectivity index (χ3n) is 12.7. The highest BCUT2D eigenvalue weighted by atomic mass is 16.6. The molecule has 1 spiro atoms. The van der Waals surface area contributed by atoms with Gasteiger partial charge >= 0.3 is 0 Å². The molecule has 3 fully saturated rings. The summed E-state index contributed by atoms with van der Waals surface area (Å²) >= 11 is 0. The van der Waals surface area contributed by atoms with Gasteiger partial charge in [0.05, 0.1) is 11.2 Å². The minimum atomic E-state index is -1.56. The van der Waals surface area contributed by atoms with Crippen LogP contribution in [0, 0.1) is 11.8 Å². The number of allylic oxidation sites excluding steroid dienone is 5. The number of hydrogen-bond donors (Lipinski definition) is 2. The number of piperidine rings is 1. The zero-order chi connectivity index (χ0) is 38.8. The molecule has 3 aliphatic carbocycles. The summed E-state index contributed by atoms with van der Waals surface area (Å²) in [6.45, 7) is 19.3. The van der Waals surface area contributed by atoms with Crippen molar-refractivity contribution in [2.24, 2.45) is 11.8 Å². The van der Waals surface area contributed by atoms with Crippen LogP contribution in [0.5, 0.6) is 17.2 Å². The normalized spacial score (nSPS) is 30.4. The van der Waals surface area contributed by atoms with Gasteiger partial charge in [-0.1, -0.05) is 41.9 Å². The van der Waals surface area contributed by atoms with Gasteiger partial charge in [0.25, 0.3) is 0 Å². The SMILES string of the molecule is CC(C)=CCCC1(C)C=Cc2c(O)c3c(c(CC=C(C)C)c2O1)OC12C(=CC4CC1C(C)(C)OC2(C/C=C(/C)C(=O)NCCN1CCCCC1)C4=O)C3=O. The fourth-order valence-corrected chi connectivity index (χ4v) is 9.83. The number of ether oxygens (including phenoxy) is 3. The Labute approximate surface area is 320 Å². The summed E-state index contributed by atoms with van der Waals surface area (Å²) in [7, 11) is 0. The number of aromatic hydroxyl groups is 1. The molecule has 1 saturated carbocycles. The van der Waals surface area contributed by atoms with E-state index in [0.29, 0.717) is 53.8 Å². The Morgan fingerprint density at radius 1 is 0.981 bits per heavy atom. The summed E-state index contributed by atoms with van der Waals surface area (Å²) in [4.78, 5) is 45.4. The molecule has 7 aliphatic rings. The van der Waals surface area contributed by atoms with Crippen LogP contribution in [0.3, 0.4) is 0 Å². The largest absolute Gasteiger partial charge is 0.506 e. The molecule has 5 atom stereocenters. The van der Waals surface area contributed by atoms with Gasteiger partial charge in [-0.25, -0.2) is 0 Å². The summed E-state index contributed by atoms with van der Waals surface area (Å²) < 4.78 is 21.1. The number of likely N-dealkylation sites (tertiary alicyclic amines) is 1. The van der Waals surface area contributed by atoms with E-state index in [1.54, 1.807) is 19.1 Å². The molecule has 5 unspecified atom stereocenters. The van der Waals surface area contributed by atoms with Crippen molar-refractivity contribution in [3.8, 4) is 17.2 Å². The number of fused-ring (bicyclic) bond motifs is 2. The fraction of sp³-hybridized carbons (Fsp3) is 0.578. The van der Waals surface area contributed by atoms with Gasteiger partial charge in [0.1, 0.15) is 28.4 Å². The van der Waals surface area contributed by atoms with Gasteiger partial charge in [-0.15, -0.1) is 0 Å². The highest BCUT2D eigenvalue weighted by molar-refractivity contribution is 6.19. The molecule has 290 valence electrons. The molecule has 8 rings (SSSR count). The minimum Gasteiger partial charge on any atom is -0.506 e. The monoisotopic (exact) mass is 738 g/mol. The second-order valence-electron chi connectivity index (χ2n) is 17.6. The highest BCUT2D eigenvalue weighted by Crippen LogP contribution is 2.68. The van der Waals surface area contributed by atoms with Crippen molar-refractivity contribution in [2.75, 3.05) is 26.2 Å². The minimum absolute atomic E-state index is 0.0650. The number of phenolic OH excluding ortho intramolecular Hbond substituents is 1. The Morgan fingerprint density at radius 2 is 1.70 bits per heavy atom. The number of Topliss-reactive ketones (excluding diaryl/α,β-unsaturated/α-hetero) is 2. The van der Waals surface area contributed by atoms with E-state index in [1.165, 1.54) is 24.8 Å². The lowest BCUT2D eigenvalue weighted by Crippen LogP contribution is -2.72. The predicted octanol–water partition coefficient (Wildman–Crippen LogP) is 7.76. The van der Waals surface area contributed by atoms with E-state index in [9.17, 15) is 19.5 Å². The lowest BCUT2D eigenvalue weighted by molar-refractivity contribution is -0.171. The van der Waals surface area contributed by atoms with E-state index in [-0.39, 0.29) is 46.9 Å². The molecule has 0 radical (unpaired) electrons. The predicted molar refractivity (Wildman–Crippen MR) is 210 cm³/mol. The average molecular weight is 739 g/mol. The number of phenols is 1. The van der Waals surface area contributed by atoms with Crippen LogP contribution in [0.15, 0.2) is 52.7 Å². The van der Waals surface area contributed by atoms with Gasteiger partial charge in [0, 0.05) is 48.1 Å². The van der Waals surface area contributed by atoms with E-state index in [1.807, 2.05) is 46.8 Å². The standard InChI is InChI=1S/C45H58N2O7/c1-27(2)13-12-18-43(8)19-17-31-36(48)35-37(49)33-25-30-26-34-42(6,7)54-44(40(30)50,20-16-29(5)41(51)46-21-24-47-22-10-9-11-23-47)45(33,34)53-39(35)32(38(31)52-43)15-14-28(3)4/h13-14,16-17,19,25,30,34,48H,9-12,15,18,20-24,26H2,1-8H3,(H,46,51)/b29-16-. The molecule has 54 heavy (non-hydrogen) atoms. The zero-order valence-corrected chi connectivity index (χ0v) is 33.4. The third-order valence-corrected chi connectivity index (χ3v) is 12.7. The van der Waals surface area contributed by atoms with Crippen LogP contribution in [0.2, 0.25) is 0 Å². The number of rotatable bonds is 11. The van der Waals surface area contributed by atoms with Crippen LogP contribution in [-0.2, 0) is 20.7 Å². The number of nitrogens with one attached hydrogen (secondary N) is 1. The lowest BCUT2D eigenvalue weighted by Gasteiger charge is -2.56. The smallest absolute Gasteiger partial charge is 0.246 e. The molecule has 9 heteroatoms. The van der Waals surface area contributed by atoms with E-state index in [4.69, 9.17) is 14.2 Å². The second-order valence-corrected chi connectivity index (χ2v) is 17.6. The number of ketones is 2. The van der Waals surface area contributed by atoms with Gasteiger partial charge in [-0.2, -0.15) is 0 Å². The summed E-state index contributed by atoms with van der Waals surface area (Å²) in [5.74, 6) is -1.04. The van der Waals surface area contributed by atoms with Crippen molar-refractivity contribution >= 4 is 23.5 Å². The molecule has 1 amide bonds. The molecule has 2 saturated heterocycles. The Bertz CT molecular complexity index is 1920. The number of hydrogen-bond acceptors (Lipinski definition) is 8. The number of benzene rings is 1. The average Bonchev–Trinajstić information content (AvgIpc) is 3.27. The van der Waals surface area contributed by atoms with Crippen LogP contribution in [-0.4, -0.2) is 76.1 Å². The van der Waals surface area contributed by atoms with Crippen molar-refractivity contribution in [1.82, 2.24) is 10.2 Å². The van der Waals surface area contributed by atoms with Crippen molar-refractivity contribution < 1.29 is 33.7 Å². The van der Waals surface area contributed by atoms with Gasteiger partial charge < -0.3 is 29.5 Å². The number of carbonyl (C=O) groups is 3. The molecule has 9 nitrogen and oxygen atoms in total. The molecule has 2 N–H and O–H groups in total. The summed E-state index contributed by atoms with van der Waals surface area (Å²) in [5.41, 5.74) is -0.174. The highest BCUT2D eigenvalue weighted by Gasteiger charge is 2.81. The Kier molecular flexibility index (Phi) is 9.91. The van der Waals surface area contributed by atoms with Gasteiger partial charge in [-0.05, 0) is 119 Å². The first-order valence-corrected chi connectivity index (χ1v) is 20.0. The maximum Gasteiger partial charge on any atom is 0.246 e. The van der Waals surface area contributed by atoms with Gasteiger partial charge in [0.15, 0.2) is 22.8 Å². The maximum atomic E-state index is 15.0. The van der Waals surface area contributed by atoms with Crippen LogP contribution in [0.4, 0.5) is 0 Å². The molecular formula is C45H58N2O7. The van der Waals surface area contributed by atoms with Crippen LogP contribution in [0.1, 0.15) is 122 Å². The quantitative estimate of drug-likeness (QED) is 0.175. The first-order valence-electron chi connectivity index (χ1n) is 20.0. The molecule has 0 aromatic heterocycles. The Hall–Kier alpha value is -3.95. The van der Waals surface area contributed by atoms with Gasteiger partial charge in [-0.3, -0.25) is 14.4 Å². The summed E-state index contributed by atoms with van der Waals surface area (Å²) in [6.07, 6.45) is 17.7. The number of amides is 1. The molecule has 4 bridgehead atoms. The topological polar surface area (TPSA) is 114 Å². The van der Waals surface area contributed by atoms with Gasteiger partial charge in [0.2, 0.25) is 5.91 Å². The zero-order valence-electron chi connectivity index (χ0n) is 33.4. The van der Waals surface area contributed by atoms with Crippen LogP contribution < -0.4 is 14.8 Å². The molecule has 4 aliphatic heterocycles. The van der Waals surface area contributed by atoms with E-state index < -0.39 is 28.3 Å². The summed E-state index contributed by atoms with van der Waals surface area (Å²) in [6, 6.07) is 0. The molecular weight excluding hydrogens is 681 g/mol.